The summed E-state index contributed by atoms with van der Waals surface area (Å²) in [5.74, 6) is 1.03. The molecule has 0 saturated carbocycles. The van der Waals surface area contributed by atoms with Crippen molar-refractivity contribution < 1.29 is 0 Å². The van der Waals surface area contributed by atoms with Gasteiger partial charge in [-0.1, -0.05) is 43.0 Å². The lowest BCUT2D eigenvalue weighted by molar-refractivity contribution is 1.07. The van der Waals surface area contributed by atoms with E-state index < -0.39 is 0 Å². The largest absolute Gasteiger partial charge is 0.383 e. The molecule has 0 amide bonds. The first-order chi connectivity index (χ1) is 15.1. The second-order valence-electron chi connectivity index (χ2n) is 6.93. The molecule has 0 atom stereocenters. The number of hydrogen-bond acceptors (Lipinski definition) is 5. The van der Waals surface area contributed by atoms with Crippen molar-refractivity contribution in [3.05, 3.63) is 96.9 Å². The van der Waals surface area contributed by atoms with E-state index in [-0.39, 0.29) is 0 Å². The molecule has 6 heteroatoms. The first kappa shape index (κ1) is 19.8. The van der Waals surface area contributed by atoms with Crippen LogP contribution in [0.25, 0.3) is 33.8 Å². The van der Waals surface area contributed by atoms with Gasteiger partial charge in [0.25, 0.3) is 0 Å². The average Bonchev–Trinajstić information content (AvgIpc) is 3.16. The summed E-state index contributed by atoms with van der Waals surface area (Å²) in [7, 11) is 0. The average molecular weight is 404 g/mol. The van der Waals surface area contributed by atoms with Crippen LogP contribution in [0.3, 0.4) is 0 Å². The molecular weight excluding hydrogens is 384 g/mol. The zero-order valence-corrected chi connectivity index (χ0v) is 17.1. The molecule has 0 bridgehead atoms. The lowest BCUT2D eigenvalue weighted by Crippen LogP contribution is -2.02. The fraction of sp³-hybridized carbons (Fsp3) is 0.0400. The SMILES string of the molecule is C=C/C(C#N)=C(\C=C)c1ccc2nc(-c3cccnc3N)n(-c3ccc(C)cc3)c2n1. The number of allylic oxidation sites excluding steroid dienone is 4. The molecule has 0 aliphatic heterocycles. The van der Waals surface area contributed by atoms with Gasteiger partial charge < -0.3 is 5.73 Å². The lowest BCUT2D eigenvalue weighted by Gasteiger charge is -2.11. The van der Waals surface area contributed by atoms with Gasteiger partial charge in [0.15, 0.2) is 11.5 Å². The van der Waals surface area contributed by atoms with Crippen molar-refractivity contribution in [1.29, 1.82) is 5.26 Å². The summed E-state index contributed by atoms with van der Waals surface area (Å²) < 4.78 is 1.95. The van der Waals surface area contributed by atoms with Crippen molar-refractivity contribution in [3.63, 3.8) is 0 Å². The maximum Gasteiger partial charge on any atom is 0.165 e. The third-order valence-electron chi connectivity index (χ3n) is 4.97. The minimum atomic E-state index is 0.386. The van der Waals surface area contributed by atoms with E-state index in [1.54, 1.807) is 12.3 Å². The second kappa shape index (κ2) is 8.09. The molecule has 0 aliphatic rings. The third kappa shape index (κ3) is 3.49. The summed E-state index contributed by atoms with van der Waals surface area (Å²) >= 11 is 0. The Morgan fingerprint density at radius 2 is 1.84 bits per heavy atom. The molecule has 4 aromatic rings. The normalized spacial score (nSPS) is 11.6. The molecule has 2 N–H and O–H groups in total. The smallest absolute Gasteiger partial charge is 0.165 e. The first-order valence-corrected chi connectivity index (χ1v) is 9.64. The van der Waals surface area contributed by atoms with E-state index in [9.17, 15) is 5.26 Å². The summed E-state index contributed by atoms with van der Waals surface area (Å²) in [6, 6.07) is 17.6. The molecule has 0 spiro atoms. The van der Waals surface area contributed by atoms with Crippen LogP contribution >= 0.6 is 0 Å². The number of aryl methyl sites for hydroxylation is 1. The molecule has 6 nitrogen and oxygen atoms in total. The monoisotopic (exact) mass is 404 g/mol. The summed E-state index contributed by atoms with van der Waals surface area (Å²) in [6.07, 6.45) is 4.76. The molecule has 1 aromatic carbocycles. The molecule has 0 unspecified atom stereocenters. The van der Waals surface area contributed by atoms with Crippen molar-refractivity contribution in [2.24, 2.45) is 0 Å². The molecule has 150 valence electrons. The summed E-state index contributed by atoms with van der Waals surface area (Å²) in [5.41, 5.74) is 11.9. The van der Waals surface area contributed by atoms with Crippen LogP contribution in [0.15, 0.2) is 85.6 Å². The van der Waals surface area contributed by atoms with Gasteiger partial charge in [0.05, 0.1) is 22.9 Å². The standard InChI is InChI=1S/C25H20N6/c1-4-17(15-26)19(5-2)21-12-13-22-25(29-21)31(18-10-8-16(3)9-11-18)24(30-22)20-7-6-14-28-23(20)27/h4-14H,1-2H2,3H3,(H2,27,28)/b19-17-. The zero-order chi connectivity index (χ0) is 22.0. The summed E-state index contributed by atoms with van der Waals surface area (Å²) in [5, 5.41) is 9.45. The highest BCUT2D eigenvalue weighted by Crippen LogP contribution is 2.31. The van der Waals surface area contributed by atoms with E-state index in [1.165, 1.54) is 6.08 Å². The molecule has 4 rings (SSSR count). The third-order valence-corrected chi connectivity index (χ3v) is 4.97. The van der Waals surface area contributed by atoms with Gasteiger partial charge in [-0.25, -0.2) is 15.0 Å². The number of aromatic nitrogens is 4. The van der Waals surface area contributed by atoms with Gasteiger partial charge in [0.2, 0.25) is 0 Å². The number of nitriles is 1. The van der Waals surface area contributed by atoms with Gasteiger partial charge in [-0.05, 0) is 43.3 Å². The number of anilines is 1. The quantitative estimate of drug-likeness (QED) is 0.372. The Morgan fingerprint density at radius 3 is 2.48 bits per heavy atom. The van der Waals surface area contributed by atoms with E-state index in [0.29, 0.717) is 45.2 Å². The fourth-order valence-corrected chi connectivity index (χ4v) is 3.40. The molecule has 0 fully saturated rings. The highest BCUT2D eigenvalue weighted by molar-refractivity contribution is 5.86. The predicted octanol–water partition coefficient (Wildman–Crippen LogP) is 5.02. The lowest BCUT2D eigenvalue weighted by atomic mass is 10.1. The van der Waals surface area contributed by atoms with E-state index >= 15 is 0 Å². The minimum Gasteiger partial charge on any atom is -0.383 e. The van der Waals surface area contributed by atoms with Crippen LogP contribution in [0.5, 0.6) is 0 Å². The van der Waals surface area contributed by atoms with Crippen LogP contribution in [0.2, 0.25) is 0 Å². The maximum atomic E-state index is 9.45. The summed E-state index contributed by atoms with van der Waals surface area (Å²) in [6.45, 7) is 9.60. The number of pyridine rings is 2. The Morgan fingerprint density at radius 1 is 1.06 bits per heavy atom. The molecule has 0 saturated heterocycles. The van der Waals surface area contributed by atoms with Crippen LogP contribution in [-0.2, 0) is 0 Å². The van der Waals surface area contributed by atoms with Crippen LogP contribution < -0.4 is 5.73 Å². The van der Waals surface area contributed by atoms with E-state index in [1.807, 2.05) is 60.0 Å². The van der Waals surface area contributed by atoms with Crippen molar-refractivity contribution >= 4 is 22.6 Å². The molecular formula is C25H20N6. The highest BCUT2D eigenvalue weighted by atomic mass is 15.1. The zero-order valence-electron chi connectivity index (χ0n) is 17.1. The summed E-state index contributed by atoms with van der Waals surface area (Å²) in [4.78, 5) is 13.9. The number of nitrogen functional groups attached to an aromatic ring is 1. The number of benzene rings is 1. The fourth-order valence-electron chi connectivity index (χ4n) is 3.40. The van der Waals surface area contributed by atoms with E-state index in [2.05, 4.69) is 24.2 Å². The second-order valence-corrected chi connectivity index (χ2v) is 6.93. The minimum absolute atomic E-state index is 0.386. The van der Waals surface area contributed by atoms with Crippen LogP contribution in [0, 0.1) is 18.3 Å². The van der Waals surface area contributed by atoms with Gasteiger partial charge in [-0.2, -0.15) is 5.26 Å². The number of fused-ring (bicyclic) bond motifs is 1. The Hall–Kier alpha value is -4.50. The Bertz CT molecular complexity index is 1380. The van der Waals surface area contributed by atoms with Crippen molar-refractivity contribution in [3.8, 4) is 23.1 Å². The molecule has 31 heavy (non-hydrogen) atoms. The van der Waals surface area contributed by atoms with Gasteiger partial charge in [0.1, 0.15) is 11.3 Å². The van der Waals surface area contributed by atoms with Crippen molar-refractivity contribution in [2.75, 3.05) is 5.73 Å². The maximum absolute atomic E-state index is 9.45. The molecule has 3 heterocycles. The van der Waals surface area contributed by atoms with Gasteiger partial charge in [0, 0.05) is 17.5 Å². The highest BCUT2D eigenvalue weighted by Gasteiger charge is 2.19. The van der Waals surface area contributed by atoms with Crippen LogP contribution in [0.4, 0.5) is 5.82 Å². The molecule has 3 aromatic heterocycles. The van der Waals surface area contributed by atoms with Crippen molar-refractivity contribution in [2.45, 2.75) is 6.92 Å². The first-order valence-electron chi connectivity index (χ1n) is 9.64. The van der Waals surface area contributed by atoms with E-state index in [4.69, 9.17) is 15.7 Å². The van der Waals surface area contributed by atoms with Crippen LogP contribution in [0.1, 0.15) is 11.3 Å². The Kier molecular flexibility index (Phi) is 5.17. The molecule has 0 aliphatic carbocycles. The Labute approximate surface area is 180 Å². The van der Waals surface area contributed by atoms with Crippen molar-refractivity contribution in [1.82, 2.24) is 19.5 Å². The molecule has 0 radical (unpaired) electrons. The van der Waals surface area contributed by atoms with E-state index in [0.717, 1.165) is 11.3 Å². The number of hydrogen-bond donors (Lipinski definition) is 1. The van der Waals surface area contributed by atoms with Gasteiger partial charge in [-0.15, -0.1) is 0 Å². The number of rotatable bonds is 5. The Balaban J connectivity index is 2.07. The topological polar surface area (TPSA) is 93.4 Å². The number of nitrogens with two attached hydrogens (primary N) is 1. The van der Waals surface area contributed by atoms with Gasteiger partial charge in [-0.3, -0.25) is 4.57 Å². The van der Waals surface area contributed by atoms with Gasteiger partial charge >= 0.3 is 0 Å². The number of imidazole rings is 1. The van der Waals surface area contributed by atoms with Crippen LogP contribution in [-0.4, -0.2) is 19.5 Å². The number of nitrogens with zero attached hydrogens (tertiary/aromatic N) is 5. The predicted molar refractivity (Wildman–Crippen MR) is 124 cm³/mol.